The second-order valence-corrected chi connectivity index (χ2v) is 15.7. The van der Waals surface area contributed by atoms with Crippen molar-refractivity contribution in [2.75, 3.05) is 20.2 Å². The number of aryl methyl sites for hydroxylation is 2. The zero-order valence-corrected chi connectivity index (χ0v) is 32.1. The standard InChI is InChI=1S/C40H47N9O7/c1-19(2)29(46-39(52)53)37(50)48-16-6-8-27(48)34-41-24-13-11-21-18-22(10-12-23(21)31(24)44-34)36-43-26-15-14-25-32(33(26)56-36)45-35(42-25)28-9-7-17-49(28)38(51)30(20(3)4)47-40(54)55-5/h10-13,18-20,27-30,46H,6-9,14-17H2,1-5H3,(H,41,44)(H,42,45)(H,47,54)(H,52,53)/t27-,28-,29-,30-/m0/s1. The van der Waals surface area contributed by atoms with Gasteiger partial charge >= 0.3 is 12.2 Å². The molecule has 0 saturated carbocycles. The minimum Gasteiger partial charge on any atom is -0.465 e. The molecule has 56 heavy (non-hydrogen) atoms. The van der Waals surface area contributed by atoms with Crippen molar-refractivity contribution >= 4 is 45.8 Å². The number of likely N-dealkylation sites (tertiary alicyclic amines) is 2. The van der Waals surface area contributed by atoms with Crippen LogP contribution in [0.25, 0.3) is 44.7 Å². The molecule has 2 aliphatic heterocycles. The molecule has 5 N–H and O–H groups in total. The molecule has 5 aromatic rings. The molecule has 16 heteroatoms. The quantitative estimate of drug-likeness (QED) is 0.121. The summed E-state index contributed by atoms with van der Waals surface area (Å²) in [6, 6.07) is 7.90. The predicted octanol–water partition coefficient (Wildman–Crippen LogP) is 5.86. The highest BCUT2D eigenvalue weighted by Crippen LogP contribution is 2.40. The van der Waals surface area contributed by atoms with Gasteiger partial charge in [0.1, 0.15) is 29.4 Å². The third-order valence-electron chi connectivity index (χ3n) is 11.4. The van der Waals surface area contributed by atoms with Gasteiger partial charge in [0.2, 0.25) is 17.7 Å². The van der Waals surface area contributed by atoms with Gasteiger partial charge in [-0.15, -0.1) is 0 Å². The summed E-state index contributed by atoms with van der Waals surface area (Å²) in [5, 5.41) is 16.3. The van der Waals surface area contributed by atoms with E-state index in [2.05, 4.69) is 20.6 Å². The van der Waals surface area contributed by atoms with E-state index in [0.29, 0.717) is 54.9 Å². The number of rotatable bonds is 9. The number of aromatic nitrogens is 5. The maximum Gasteiger partial charge on any atom is 0.407 e. The molecule has 8 rings (SSSR count). The number of nitrogens with one attached hydrogen (secondary N) is 4. The second kappa shape index (κ2) is 14.6. The Labute approximate surface area is 322 Å². The van der Waals surface area contributed by atoms with Gasteiger partial charge in [-0.3, -0.25) is 9.59 Å². The number of carboxylic acid groups (broad SMARTS) is 1. The summed E-state index contributed by atoms with van der Waals surface area (Å²) in [5.74, 6) is 1.74. The monoisotopic (exact) mass is 765 g/mol. The van der Waals surface area contributed by atoms with Gasteiger partial charge in [0, 0.05) is 29.7 Å². The molecule has 4 atom stereocenters. The Morgan fingerprint density at radius 1 is 0.857 bits per heavy atom. The Bertz CT molecular complexity index is 2340. The van der Waals surface area contributed by atoms with Gasteiger partial charge in [0.05, 0.1) is 35.9 Å². The van der Waals surface area contributed by atoms with Crippen molar-refractivity contribution in [1.82, 2.24) is 45.4 Å². The molecule has 3 aliphatic rings. The topological polar surface area (TPSA) is 212 Å². The van der Waals surface area contributed by atoms with E-state index in [4.69, 9.17) is 24.1 Å². The minimum absolute atomic E-state index is 0.130. The van der Waals surface area contributed by atoms with E-state index in [1.54, 1.807) is 9.80 Å². The lowest BCUT2D eigenvalue weighted by atomic mass is 10.0. The van der Waals surface area contributed by atoms with Crippen molar-refractivity contribution in [3.8, 4) is 22.9 Å². The summed E-state index contributed by atoms with van der Waals surface area (Å²) in [6.45, 7) is 8.54. The number of amides is 4. The van der Waals surface area contributed by atoms with Crippen molar-refractivity contribution < 1.29 is 33.4 Å². The summed E-state index contributed by atoms with van der Waals surface area (Å²) in [7, 11) is 1.28. The van der Waals surface area contributed by atoms with Gasteiger partial charge in [0.15, 0.2) is 5.76 Å². The zero-order chi connectivity index (χ0) is 39.4. The highest BCUT2D eigenvalue weighted by molar-refractivity contribution is 6.05. The van der Waals surface area contributed by atoms with Gasteiger partial charge < -0.3 is 44.7 Å². The SMILES string of the molecule is COC(=O)N[C@H](C(=O)N1CCC[C@H]1c1nc2c([nH]1)CCc1nc(-c3ccc4c(ccc5[nH]c([C@@H]6CCCN6C(=O)[C@@H](NC(=O)O)C(C)C)nc54)c3)oc1-2)C(C)C. The number of aromatic amines is 2. The van der Waals surface area contributed by atoms with Gasteiger partial charge in [-0.1, -0.05) is 39.8 Å². The van der Waals surface area contributed by atoms with Crippen LogP contribution in [0.3, 0.4) is 0 Å². The number of carbonyl (C=O) groups is 4. The first-order valence-electron chi connectivity index (χ1n) is 19.4. The zero-order valence-electron chi connectivity index (χ0n) is 32.1. The van der Waals surface area contributed by atoms with Gasteiger partial charge in [-0.05, 0) is 73.9 Å². The van der Waals surface area contributed by atoms with Gasteiger partial charge in [-0.25, -0.2) is 24.5 Å². The summed E-state index contributed by atoms with van der Waals surface area (Å²) in [6.07, 6.45) is 2.61. The number of ether oxygens (including phenoxy) is 1. The fourth-order valence-electron chi connectivity index (χ4n) is 8.47. The Hall–Kier alpha value is -5.93. The molecule has 3 aromatic heterocycles. The van der Waals surface area contributed by atoms with Crippen LogP contribution in [0, 0.1) is 11.8 Å². The van der Waals surface area contributed by atoms with E-state index in [1.165, 1.54) is 7.11 Å². The van der Waals surface area contributed by atoms with Crippen molar-refractivity contribution in [2.24, 2.45) is 11.8 Å². The Morgan fingerprint density at radius 2 is 1.52 bits per heavy atom. The van der Waals surface area contributed by atoms with E-state index in [-0.39, 0.29) is 35.7 Å². The molecule has 16 nitrogen and oxygen atoms in total. The lowest BCUT2D eigenvalue weighted by molar-refractivity contribution is -0.136. The number of fused-ring (bicyclic) bond motifs is 6. The highest BCUT2D eigenvalue weighted by Gasteiger charge is 2.40. The number of nitrogens with zero attached hydrogens (tertiary/aromatic N) is 5. The predicted molar refractivity (Wildman–Crippen MR) is 205 cm³/mol. The number of oxazole rings is 1. The van der Waals surface area contributed by atoms with E-state index in [1.807, 2.05) is 58.0 Å². The van der Waals surface area contributed by atoms with Crippen LogP contribution < -0.4 is 10.6 Å². The number of hydrogen-bond donors (Lipinski definition) is 5. The summed E-state index contributed by atoms with van der Waals surface area (Å²) in [4.78, 5) is 76.1. The van der Waals surface area contributed by atoms with Crippen LogP contribution in [0.5, 0.6) is 0 Å². The molecule has 0 bridgehead atoms. The van der Waals surface area contributed by atoms with Crippen LogP contribution in [0.2, 0.25) is 0 Å². The maximum atomic E-state index is 13.7. The first kappa shape index (κ1) is 37.0. The molecular weight excluding hydrogens is 718 g/mol. The molecule has 0 radical (unpaired) electrons. The molecule has 1 aliphatic carbocycles. The summed E-state index contributed by atoms with van der Waals surface area (Å²) >= 11 is 0. The Balaban J connectivity index is 1.04. The van der Waals surface area contributed by atoms with E-state index in [9.17, 15) is 24.3 Å². The van der Waals surface area contributed by atoms with Crippen LogP contribution in [-0.4, -0.2) is 96.1 Å². The molecule has 2 aromatic carbocycles. The largest absolute Gasteiger partial charge is 0.465 e. The molecule has 0 spiro atoms. The number of methoxy groups -OCH3 is 1. The molecule has 0 unspecified atom stereocenters. The first-order valence-corrected chi connectivity index (χ1v) is 19.4. The highest BCUT2D eigenvalue weighted by atomic mass is 16.5. The third-order valence-corrected chi connectivity index (χ3v) is 11.4. The Kier molecular flexibility index (Phi) is 9.66. The van der Waals surface area contributed by atoms with Crippen molar-refractivity contribution in [3.63, 3.8) is 0 Å². The van der Waals surface area contributed by atoms with Crippen LogP contribution in [0.4, 0.5) is 9.59 Å². The average molecular weight is 766 g/mol. The number of alkyl carbamates (subject to hydrolysis) is 1. The molecule has 2 saturated heterocycles. The number of hydrogen-bond acceptors (Lipinski definition) is 9. The lowest BCUT2D eigenvalue weighted by Crippen LogP contribution is -2.51. The van der Waals surface area contributed by atoms with E-state index >= 15 is 0 Å². The molecule has 2 fully saturated rings. The van der Waals surface area contributed by atoms with Crippen LogP contribution in [0.1, 0.15) is 88.5 Å². The summed E-state index contributed by atoms with van der Waals surface area (Å²) < 4.78 is 11.2. The lowest BCUT2D eigenvalue weighted by Gasteiger charge is -2.30. The fraction of sp³-hybridized carbons (Fsp3) is 0.475. The van der Waals surface area contributed by atoms with Crippen molar-refractivity contribution in [1.29, 1.82) is 0 Å². The summed E-state index contributed by atoms with van der Waals surface area (Å²) in [5.41, 5.74) is 4.92. The van der Waals surface area contributed by atoms with Crippen LogP contribution in [0.15, 0.2) is 34.7 Å². The number of imidazole rings is 2. The maximum absolute atomic E-state index is 13.7. The Morgan fingerprint density at radius 3 is 2.16 bits per heavy atom. The van der Waals surface area contributed by atoms with Crippen LogP contribution in [-0.2, 0) is 27.2 Å². The van der Waals surface area contributed by atoms with Crippen molar-refractivity contribution in [2.45, 2.75) is 90.4 Å². The first-order chi connectivity index (χ1) is 26.9. The molecule has 294 valence electrons. The van der Waals surface area contributed by atoms with Crippen LogP contribution >= 0.6 is 0 Å². The molecular formula is C40H47N9O7. The third kappa shape index (κ3) is 6.60. The van der Waals surface area contributed by atoms with Crippen molar-refractivity contribution in [3.05, 3.63) is 53.4 Å². The molecule has 4 amide bonds. The normalized spacial score (nSPS) is 19.1. The number of H-pyrrole nitrogens is 2. The number of benzene rings is 2. The number of carbonyl (C=O) groups excluding carboxylic acids is 3. The second-order valence-electron chi connectivity index (χ2n) is 15.7. The smallest absolute Gasteiger partial charge is 0.407 e. The minimum atomic E-state index is -1.22. The average Bonchev–Trinajstić information content (AvgIpc) is 4.02. The molecule has 5 heterocycles. The van der Waals surface area contributed by atoms with Gasteiger partial charge in [-0.2, -0.15) is 0 Å². The van der Waals surface area contributed by atoms with Gasteiger partial charge in [0.25, 0.3) is 0 Å². The van der Waals surface area contributed by atoms with E-state index in [0.717, 1.165) is 64.4 Å². The van der Waals surface area contributed by atoms with E-state index < -0.39 is 24.3 Å². The fourth-order valence-corrected chi connectivity index (χ4v) is 8.47.